The summed E-state index contributed by atoms with van der Waals surface area (Å²) < 4.78 is 0. The maximum Gasteiger partial charge on any atom is 0.365 e. The van der Waals surface area contributed by atoms with Crippen molar-refractivity contribution < 1.29 is 9.90 Å². The molecule has 1 atom stereocenters. The molecule has 2 heterocycles. The Kier molecular flexibility index (Phi) is 5.30. The van der Waals surface area contributed by atoms with Crippen molar-refractivity contribution >= 4 is 17.3 Å². The SMILES string of the molecule is CC(CN1CCCCC1)NCc1csc(C(=O)O)n1. The monoisotopic (exact) mass is 283 g/mol. The molecule has 1 aromatic heterocycles. The molecule has 0 spiro atoms. The molecule has 6 heteroatoms. The lowest BCUT2D eigenvalue weighted by atomic mass is 10.1. The summed E-state index contributed by atoms with van der Waals surface area (Å²) in [6, 6.07) is 0.396. The lowest BCUT2D eigenvalue weighted by Gasteiger charge is -2.29. The molecule has 1 saturated heterocycles. The topological polar surface area (TPSA) is 65.5 Å². The number of nitrogens with zero attached hydrogens (tertiary/aromatic N) is 2. The Hall–Kier alpha value is -0.980. The van der Waals surface area contributed by atoms with Crippen molar-refractivity contribution in [2.75, 3.05) is 19.6 Å². The van der Waals surface area contributed by atoms with Gasteiger partial charge in [0.2, 0.25) is 5.01 Å². The summed E-state index contributed by atoms with van der Waals surface area (Å²) in [6.45, 7) is 6.26. The van der Waals surface area contributed by atoms with Crippen molar-refractivity contribution in [1.29, 1.82) is 0 Å². The van der Waals surface area contributed by atoms with E-state index < -0.39 is 5.97 Å². The van der Waals surface area contributed by atoms with Crippen LogP contribution in [0.5, 0.6) is 0 Å². The van der Waals surface area contributed by atoms with Crippen molar-refractivity contribution in [3.63, 3.8) is 0 Å². The number of likely N-dealkylation sites (tertiary alicyclic amines) is 1. The van der Waals surface area contributed by atoms with Crippen LogP contribution in [0.15, 0.2) is 5.38 Å². The first-order valence-corrected chi connectivity index (χ1v) is 7.66. The van der Waals surface area contributed by atoms with Gasteiger partial charge in [-0.3, -0.25) is 0 Å². The lowest BCUT2D eigenvalue weighted by Crippen LogP contribution is -2.41. The molecule has 1 unspecified atom stereocenters. The third-order valence-corrected chi connectivity index (χ3v) is 4.23. The van der Waals surface area contributed by atoms with Crippen LogP contribution in [0.4, 0.5) is 0 Å². The molecule has 0 amide bonds. The molecule has 1 aromatic rings. The van der Waals surface area contributed by atoms with E-state index in [0.717, 1.165) is 12.2 Å². The van der Waals surface area contributed by atoms with Crippen LogP contribution in [0.3, 0.4) is 0 Å². The average Bonchev–Trinajstić information content (AvgIpc) is 2.86. The molecule has 0 bridgehead atoms. The molecular weight excluding hydrogens is 262 g/mol. The number of hydrogen-bond acceptors (Lipinski definition) is 5. The summed E-state index contributed by atoms with van der Waals surface area (Å²) in [5, 5.41) is 14.2. The van der Waals surface area contributed by atoms with Gasteiger partial charge in [-0.2, -0.15) is 0 Å². The van der Waals surface area contributed by atoms with Crippen molar-refractivity contribution in [3.8, 4) is 0 Å². The second-order valence-electron chi connectivity index (χ2n) is 5.09. The van der Waals surface area contributed by atoms with Crippen molar-refractivity contribution in [2.24, 2.45) is 0 Å². The van der Waals surface area contributed by atoms with E-state index in [2.05, 4.69) is 22.1 Å². The van der Waals surface area contributed by atoms with Crippen LogP contribution in [0.25, 0.3) is 0 Å². The maximum absolute atomic E-state index is 10.7. The lowest BCUT2D eigenvalue weighted by molar-refractivity contribution is 0.0696. The zero-order valence-electron chi connectivity index (χ0n) is 11.3. The normalized spacial score (nSPS) is 18.4. The number of aromatic nitrogens is 1. The third-order valence-electron chi connectivity index (χ3n) is 3.35. The van der Waals surface area contributed by atoms with E-state index in [0.29, 0.717) is 12.6 Å². The number of piperidine rings is 1. The number of aromatic carboxylic acids is 1. The molecule has 0 saturated carbocycles. The number of hydrogen-bond donors (Lipinski definition) is 2. The first-order chi connectivity index (χ1) is 9.15. The molecule has 2 N–H and O–H groups in total. The Morgan fingerprint density at radius 1 is 1.53 bits per heavy atom. The second-order valence-corrected chi connectivity index (χ2v) is 5.95. The number of nitrogens with one attached hydrogen (secondary N) is 1. The van der Waals surface area contributed by atoms with E-state index >= 15 is 0 Å². The molecule has 0 aliphatic carbocycles. The zero-order valence-corrected chi connectivity index (χ0v) is 12.1. The minimum absolute atomic E-state index is 0.167. The molecule has 1 aliphatic rings. The van der Waals surface area contributed by atoms with Crippen molar-refractivity contribution in [3.05, 3.63) is 16.1 Å². The minimum Gasteiger partial charge on any atom is -0.476 e. The smallest absolute Gasteiger partial charge is 0.365 e. The summed E-state index contributed by atoms with van der Waals surface area (Å²) in [4.78, 5) is 17.3. The number of carboxylic acid groups (broad SMARTS) is 1. The minimum atomic E-state index is -0.947. The van der Waals surface area contributed by atoms with Crippen molar-refractivity contribution in [1.82, 2.24) is 15.2 Å². The first kappa shape index (κ1) is 14.4. The van der Waals surface area contributed by atoms with Gasteiger partial charge in [-0.25, -0.2) is 9.78 Å². The van der Waals surface area contributed by atoms with E-state index in [9.17, 15) is 4.79 Å². The summed E-state index contributed by atoms with van der Waals surface area (Å²) in [5.74, 6) is -0.947. The van der Waals surface area contributed by atoms with Gasteiger partial charge in [0.25, 0.3) is 0 Å². The summed E-state index contributed by atoms with van der Waals surface area (Å²) in [5.41, 5.74) is 0.813. The van der Waals surface area contributed by atoms with Gasteiger partial charge in [0.15, 0.2) is 0 Å². The van der Waals surface area contributed by atoms with Gasteiger partial charge in [-0.05, 0) is 32.9 Å². The fraction of sp³-hybridized carbons (Fsp3) is 0.692. The Morgan fingerprint density at radius 3 is 2.89 bits per heavy atom. The number of carboxylic acids is 1. The number of carbonyl (C=O) groups is 1. The van der Waals surface area contributed by atoms with Crippen LogP contribution in [0.1, 0.15) is 41.7 Å². The van der Waals surface area contributed by atoms with E-state index in [1.54, 1.807) is 0 Å². The average molecular weight is 283 g/mol. The number of rotatable bonds is 6. The molecule has 1 aliphatic heterocycles. The van der Waals surface area contributed by atoms with Crippen LogP contribution >= 0.6 is 11.3 Å². The van der Waals surface area contributed by atoms with E-state index in [1.165, 1.54) is 43.7 Å². The highest BCUT2D eigenvalue weighted by Crippen LogP contribution is 2.11. The van der Waals surface area contributed by atoms with Crippen LogP contribution in [0, 0.1) is 0 Å². The van der Waals surface area contributed by atoms with E-state index in [4.69, 9.17) is 5.11 Å². The van der Waals surface area contributed by atoms with Gasteiger partial charge in [-0.15, -0.1) is 11.3 Å². The summed E-state index contributed by atoms with van der Waals surface area (Å²) >= 11 is 1.18. The van der Waals surface area contributed by atoms with E-state index in [1.807, 2.05) is 5.38 Å². The molecule has 1 fully saturated rings. The predicted octanol–water partition coefficient (Wildman–Crippen LogP) is 1.81. The second kappa shape index (κ2) is 6.98. The number of thiazole rings is 1. The molecule has 19 heavy (non-hydrogen) atoms. The summed E-state index contributed by atoms with van der Waals surface area (Å²) in [7, 11) is 0. The molecule has 0 aromatic carbocycles. The van der Waals surface area contributed by atoms with Crippen LogP contribution in [-0.4, -0.2) is 46.6 Å². The molecule has 0 radical (unpaired) electrons. The highest BCUT2D eigenvalue weighted by atomic mass is 32.1. The quantitative estimate of drug-likeness (QED) is 0.833. The maximum atomic E-state index is 10.7. The summed E-state index contributed by atoms with van der Waals surface area (Å²) in [6.07, 6.45) is 3.97. The van der Waals surface area contributed by atoms with Gasteiger partial charge in [0.05, 0.1) is 5.69 Å². The molecular formula is C13H21N3O2S. The van der Waals surface area contributed by atoms with Crippen molar-refractivity contribution in [2.45, 2.75) is 38.8 Å². The van der Waals surface area contributed by atoms with Gasteiger partial charge in [0.1, 0.15) is 0 Å². The highest BCUT2D eigenvalue weighted by Gasteiger charge is 2.14. The fourth-order valence-corrected chi connectivity index (χ4v) is 3.01. The molecule has 2 rings (SSSR count). The molecule has 5 nitrogen and oxygen atoms in total. The largest absolute Gasteiger partial charge is 0.476 e. The Labute approximate surface area is 117 Å². The highest BCUT2D eigenvalue weighted by molar-refractivity contribution is 7.11. The van der Waals surface area contributed by atoms with Gasteiger partial charge in [-0.1, -0.05) is 6.42 Å². The van der Waals surface area contributed by atoms with Gasteiger partial charge < -0.3 is 15.3 Å². The fourth-order valence-electron chi connectivity index (χ4n) is 2.36. The van der Waals surface area contributed by atoms with E-state index in [-0.39, 0.29) is 5.01 Å². The standard InChI is InChI=1S/C13H21N3O2S/c1-10(8-16-5-3-2-4-6-16)14-7-11-9-19-12(15-11)13(17)18/h9-10,14H,2-8H2,1H3,(H,17,18). The zero-order chi connectivity index (χ0) is 13.7. The predicted molar refractivity (Wildman–Crippen MR) is 75.7 cm³/mol. The molecule has 106 valence electrons. The Bertz CT molecular complexity index is 416. The Balaban J connectivity index is 1.72. The van der Waals surface area contributed by atoms with Gasteiger partial charge >= 0.3 is 5.97 Å². The van der Waals surface area contributed by atoms with Crippen LogP contribution in [-0.2, 0) is 6.54 Å². The van der Waals surface area contributed by atoms with Gasteiger partial charge in [0, 0.05) is 24.5 Å². The Morgan fingerprint density at radius 2 is 2.26 bits per heavy atom. The van der Waals surface area contributed by atoms with Crippen LogP contribution < -0.4 is 5.32 Å². The third kappa shape index (κ3) is 4.56. The first-order valence-electron chi connectivity index (χ1n) is 6.78. The van der Waals surface area contributed by atoms with Crippen LogP contribution in [0.2, 0.25) is 0 Å².